The summed E-state index contributed by atoms with van der Waals surface area (Å²) in [4.78, 5) is 25.7. The predicted molar refractivity (Wildman–Crippen MR) is 133 cm³/mol. The van der Waals surface area contributed by atoms with Gasteiger partial charge in [0.2, 0.25) is 5.95 Å². The number of nitrogens with two attached hydrogens (primary N) is 1. The molecule has 2 aromatic heterocycles. The minimum Gasteiger partial charge on any atom is -0.397 e. The van der Waals surface area contributed by atoms with Gasteiger partial charge >= 0.3 is 0 Å². The lowest BCUT2D eigenvalue weighted by molar-refractivity contribution is 0.0921. The third-order valence-electron chi connectivity index (χ3n) is 5.89. The van der Waals surface area contributed by atoms with Gasteiger partial charge in [-0.2, -0.15) is 0 Å². The van der Waals surface area contributed by atoms with E-state index in [1.54, 1.807) is 18.3 Å². The minimum absolute atomic E-state index is 0.0408. The normalized spacial score (nSPS) is 17.9. The summed E-state index contributed by atoms with van der Waals surface area (Å²) >= 11 is 6.45. The van der Waals surface area contributed by atoms with Crippen LogP contribution in [0.25, 0.3) is 17.3 Å². The standard InChI is InChI=1S/C25H27ClN6O/c1-3-19-15(2)6-4-9-20(19)23-21(26)14-29-25(32-23)31-18-8-5-7-17(12-18)30-24(33)22-11-10-16(27)13-28-22/h3-4,6,9-11,13-14,17-18H,1,5,7-8,12,27H2,2H3,(H,30,33)(H,29,31,32)/t17-,18+/m0/s1. The van der Waals surface area contributed by atoms with E-state index in [1.807, 2.05) is 31.2 Å². The van der Waals surface area contributed by atoms with E-state index in [4.69, 9.17) is 22.3 Å². The van der Waals surface area contributed by atoms with Crippen LogP contribution < -0.4 is 16.4 Å². The summed E-state index contributed by atoms with van der Waals surface area (Å²) in [7, 11) is 0. The highest BCUT2D eigenvalue weighted by molar-refractivity contribution is 6.33. The van der Waals surface area contributed by atoms with Gasteiger partial charge in [0.05, 0.1) is 28.8 Å². The number of nitrogen functional groups attached to an aromatic ring is 1. The number of amides is 1. The van der Waals surface area contributed by atoms with Crippen molar-refractivity contribution in [3.05, 3.63) is 71.1 Å². The Kier molecular flexibility index (Phi) is 6.89. The number of aryl methyl sites for hydroxylation is 1. The van der Waals surface area contributed by atoms with Gasteiger partial charge < -0.3 is 16.4 Å². The SMILES string of the molecule is C=Cc1c(C)cccc1-c1nc(N[C@@H]2CCC[C@H](NC(=O)c3ccc(N)cn3)C2)ncc1Cl. The van der Waals surface area contributed by atoms with E-state index in [9.17, 15) is 4.79 Å². The Morgan fingerprint density at radius 3 is 2.76 bits per heavy atom. The highest BCUT2D eigenvalue weighted by atomic mass is 35.5. The number of nitrogens with zero attached hydrogens (tertiary/aromatic N) is 3. The van der Waals surface area contributed by atoms with Gasteiger partial charge in [0.15, 0.2) is 0 Å². The molecule has 1 saturated carbocycles. The molecule has 0 radical (unpaired) electrons. The summed E-state index contributed by atoms with van der Waals surface area (Å²) in [6.07, 6.45) is 8.56. The van der Waals surface area contributed by atoms with Crippen LogP contribution >= 0.6 is 11.6 Å². The van der Waals surface area contributed by atoms with E-state index in [1.165, 1.54) is 6.20 Å². The van der Waals surface area contributed by atoms with Crippen LogP contribution in [0.15, 0.2) is 49.3 Å². The van der Waals surface area contributed by atoms with Crippen LogP contribution in [-0.2, 0) is 0 Å². The van der Waals surface area contributed by atoms with Crippen LogP contribution in [0.4, 0.5) is 11.6 Å². The van der Waals surface area contributed by atoms with Crippen LogP contribution in [-0.4, -0.2) is 32.9 Å². The zero-order valence-corrected chi connectivity index (χ0v) is 19.3. The lowest BCUT2D eigenvalue weighted by Gasteiger charge is -2.30. The fraction of sp³-hybridized carbons (Fsp3) is 0.280. The number of halogens is 1. The van der Waals surface area contributed by atoms with E-state index >= 15 is 0 Å². The van der Waals surface area contributed by atoms with E-state index < -0.39 is 0 Å². The second-order valence-electron chi connectivity index (χ2n) is 8.29. The highest BCUT2D eigenvalue weighted by Crippen LogP contribution is 2.32. The third-order valence-corrected chi connectivity index (χ3v) is 6.17. The zero-order valence-electron chi connectivity index (χ0n) is 18.5. The number of aromatic nitrogens is 3. The maximum Gasteiger partial charge on any atom is 0.270 e. The van der Waals surface area contributed by atoms with E-state index in [0.717, 1.165) is 42.4 Å². The molecule has 33 heavy (non-hydrogen) atoms. The molecule has 1 fully saturated rings. The van der Waals surface area contributed by atoms with Crippen LogP contribution in [0.3, 0.4) is 0 Å². The number of pyridine rings is 1. The fourth-order valence-corrected chi connectivity index (χ4v) is 4.41. The van der Waals surface area contributed by atoms with Crippen molar-refractivity contribution >= 4 is 35.2 Å². The molecule has 3 aromatic rings. The van der Waals surface area contributed by atoms with Crippen molar-refractivity contribution in [2.24, 2.45) is 0 Å². The Hall–Kier alpha value is -3.45. The molecule has 1 amide bonds. The molecule has 1 aliphatic carbocycles. The fourth-order valence-electron chi connectivity index (χ4n) is 4.22. The molecular weight excluding hydrogens is 436 g/mol. The average molecular weight is 463 g/mol. The molecule has 0 unspecified atom stereocenters. The monoisotopic (exact) mass is 462 g/mol. The first-order chi connectivity index (χ1) is 15.9. The highest BCUT2D eigenvalue weighted by Gasteiger charge is 2.25. The molecule has 0 aliphatic heterocycles. The quantitative estimate of drug-likeness (QED) is 0.482. The first-order valence-corrected chi connectivity index (χ1v) is 11.4. The Balaban J connectivity index is 1.46. The Bertz CT molecular complexity index is 1160. The number of hydrogen-bond donors (Lipinski definition) is 3. The van der Waals surface area contributed by atoms with Gasteiger partial charge in [-0.15, -0.1) is 0 Å². The molecule has 0 saturated heterocycles. The maximum absolute atomic E-state index is 12.5. The van der Waals surface area contributed by atoms with Crippen molar-refractivity contribution in [2.75, 3.05) is 11.1 Å². The Morgan fingerprint density at radius 2 is 2.00 bits per heavy atom. The second kappa shape index (κ2) is 10.0. The number of carbonyl (C=O) groups excluding carboxylic acids is 1. The number of hydrogen-bond acceptors (Lipinski definition) is 6. The zero-order chi connectivity index (χ0) is 23.4. The van der Waals surface area contributed by atoms with Gasteiger partial charge in [-0.3, -0.25) is 4.79 Å². The minimum atomic E-state index is -0.193. The summed E-state index contributed by atoms with van der Waals surface area (Å²) in [5.74, 6) is 0.324. The number of benzene rings is 1. The molecule has 1 aliphatic rings. The molecule has 4 rings (SSSR count). The average Bonchev–Trinajstić information content (AvgIpc) is 2.81. The molecule has 0 bridgehead atoms. The molecule has 2 heterocycles. The first kappa shape index (κ1) is 22.7. The molecule has 0 spiro atoms. The number of anilines is 2. The predicted octanol–water partition coefficient (Wildman–Crippen LogP) is 4.88. The van der Waals surface area contributed by atoms with Gasteiger partial charge in [0.1, 0.15) is 5.69 Å². The van der Waals surface area contributed by atoms with Crippen molar-refractivity contribution < 1.29 is 4.79 Å². The smallest absolute Gasteiger partial charge is 0.270 e. The lowest BCUT2D eigenvalue weighted by atomic mass is 9.91. The van der Waals surface area contributed by atoms with E-state index in [-0.39, 0.29) is 18.0 Å². The molecule has 1 aromatic carbocycles. The summed E-state index contributed by atoms with van der Waals surface area (Å²) in [5, 5.41) is 7.00. The lowest BCUT2D eigenvalue weighted by Crippen LogP contribution is -2.42. The van der Waals surface area contributed by atoms with Gasteiger partial charge in [-0.05, 0) is 55.9 Å². The second-order valence-corrected chi connectivity index (χ2v) is 8.69. The Labute approximate surface area is 198 Å². The first-order valence-electron chi connectivity index (χ1n) is 11.0. The summed E-state index contributed by atoms with van der Waals surface area (Å²) in [6, 6.07) is 9.48. The van der Waals surface area contributed by atoms with Crippen LogP contribution in [0, 0.1) is 6.92 Å². The van der Waals surface area contributed by atoms with E-state index in [0.29, 0.717) is 28.0 Å². The van der Waals surface area contributed by atoms with Crippen LogP contribution in [0.2, 0.25) is 5.02 Å². The molecule has 7 nitrogen and oxygen atoms in total. The van der Waals surface area contributed by atoms with Gasteiger partial charge in [0, 0.05) is 17.6 Å². The van der Waals surface area contributed by atoms with E-state index in [2.05, 4.69) is 27.2 Å². The van der Waals surface area contributed by atoms with Gasteiger partial charge in [0.25, 0.3) is 5.91 Å². The topological polar surface area (TPSA) is 106 Å². The summed E-state index contributed by atoms with van der Waals surface area (Å²) in [5.41, 5.74) is 10.2. The molecule has 2 atom stereocenters. The van der Waals surface area contributed by atoms with Gasteiger partial charge in [-0.25, -0.2) is 15.0 Å². The molecular formula is C25H27ClN6O. The molecule has 170 valence electrons. The summed E-state index contributed by atoms with van der Waals surface area (Å²) in [6.45, 7) is 5.97. The largest absolute Gasteiger partial charge is 0.397 e. The van der Waals surface area contributed by atoms with Crippen LogP contribution in [0.1, 0.15) is 47.3 Å². The maximum atomic E-state index is 12.5. The number of carbonyl (C=O) groups is 1. The summed E-state index contributed by atoms with van der Waals surface area (Å²) < 4.78 is 0. The Morgan fingerprint density at radius 1 is 1.18 bits per heavy atom. The van der Waals surface area contributed by atoms with Gasteiger partial charge in [-0.1, -0.05) is 42.5 Å². The van der Waals surface area contributed by atoms with Crippen molar-refractivity contribution in [1.29, 1.82) is 0 Å². The number of nitrogens with one attached hydrogen (secondary N) is 2. The van der Waals surface area contributed by atoms with Crippen LogP contribution in [0.5, 0.6) is 0 Å². The number of rotatable bonds is 6. The van der Waals surface area contributed by atoms with Crippen molar-refractivity contribution in [3.63, 3.8) is 0 Å². The van der Waals surface area contributed by atoms with Crippen molar-refractivity contribution in [3.8, 4) is 11.3 Å². The van der Waals surface area contributed by atoms with Crippen molar-refractivity contribution in [1.82, 2.24) is 20.3 Å². The molecule has 4 N–H and O–H groups in total. The van der Waals surface area contributed by atoms with Crippen molar-refractivity contribution in [2.45, 2.75) is 44.7 Å². The molecule has 8 heteroatoms. The third kappa shape index (κ3) is 5.31.